The van der Waals surface area contributed by atoms with Crippen LogP contribution in [0.3, 0.4) is 0 Å². The van der Waals surface area contributed by atoms with Gasteiger partial charge in [-0.1, -0.05) is 6.07 Å². The topological polar surface area (TPSA) is 420 Å². The number of phenolic OH excluding ortho intramolecular Hbond substituents is 1. The van der Waals surface area contributed by atoms with Crippen LogP contribution in [0.4, 0.5) is 34.1 Å². The molecule has 1 aliphatic rings. The smallest absolute Gasteiger partial charge is 0.355 e. The fourth-order valence-electron chi connectivity index (χ4n) is 7.55. The molecule has 7 aromatic carbocycles. The molecule has 382 valence electrons. The number of amides is 1. The molecule has 1 aromatic heterocycles. The number of hydrogen-bond acceptors (Lipinski definition) is 20. The number of H-pyrrole nitrogens is 1. The number of phenols is 1. The largest absolute Gasteiger partial charge is 0.505 e. The summed E-state index contributed by atoms with van der Waals surface area (Å²) >= 11 is 0. The van der Waals surface area contributed by atoms with Gasteiger partial charge in [0, 0.05) is 33.2 Å². The molecular weight excluding hydrogens is 1070 g/mol. The van der Waals surface area contributed by atoms with Crippen LogP contribution in [-0.4, -0.2) is 103 Å². The summed E-state index contributed by atoms with van der Waals surface area (Å²) in [6.07, 6.45) is 0. The Kier molecular flexibility index (Phi) is 12.9. The van der Waals surface area contributed by atoms with Gasteiger partial charge in [0.2, 0.25) is 6.04 Å². The molecule has 9 rings (SSSR count). The molecule has 1 unspecified atom stereocenters. The van der Waals surface area contributed by atoms with Gasteiger partial charge in [-0.15, -0.1) is 20.5 Å². The number of aliphatic carboxylic acids is 1. The second kappa shape index (κ2) is 18.9. The van der Waals surface area contributed by atoms with E-state index in [1.54, 1.807) is 0 Å². The summed E-state index contributed by atoms with van der Waals surface area (Å²) in [7, 11) is -18.2. The molecule has 31 heteroatoms. The normalized spacial score (nSPS) is 14.8. The number of imidazole rings is 1. The maximum Gasteiger partial charge on any atom is 0.355 e. The first kappa shape index (κ1) is 51.1. The molecule has 8 aromatic rings. The predicted octanol–water partition coefficient (Wildman–Crippen LogP) is 8.01. The van der Waals surface area contributed by atoms with E-state index in [1.165, 1.54) is 73.8 Å². The summed E-state index contributed by atoms with van der Waals surface area (Å²) in [6.45, 7) is 0. The highest BCUT2D eigenvalue weighted by Crippen LogP contribution is 2.45. The Hall–Kier alpha value is -8.82. The zero-order chi connectivity index (χ0) is 53.9. The van der Waals surface area contributed by atoms with Gasteiger partial charge in [-0.05, 0) is 103 Å². The number of carboxylic acids is 1. The number of aromatic nitrogens is 2. The first-order valence-corrected chi connectivity index (χ1v) is 26.5. The fourth-order valence-corrected chi connectivity index (χ4v) is 9.82. The lowest BCUT2D eigenvalue weighted by Crippen LogP contribution is -2.33. The number of hydrazone groups is 1. The Balaban J connectivity index is 1.03. The van der Waals surface area contributed by atoms with Crippen molar-refractivity contribution in [2.45, 2.75) is 25.6 Å². The number of carbonyl (C=O) groups is 2. The predicted molar refractivity (Wildman–Crippen MR) is 263 cm³/mol. The van der Waals surface area contributed by atoms with Crippen molar-refractivity contribution >= 4 is 125 Å². The SMILES string of the molecule is COc1ccc(N=Nc2ccc(N=Nc3c(S(=O)(=O)O)cc4c(ccc5nc(-c6ccc(N=NC7C(=O)N(c8ccc(S(=O)(=O)O)cc8)N=C7C(=O)O)cc6)[nH]c54)c3O)c3cc(S(=O)(=O)O)ccc23)c(S(=O)(=O)O)c1. The second-order valence-electron chi connectivity index (χ2n) is 15.8. The maximum absolute atomic E-state index is 13.2. The lowest BCUT2D eigenvalue weighted by molar-refractivity contribution is -0.130. The number of anilines is 1. The van der Waals surface area contributed by atoms with Gasteiger partial charge in [0.25, 0.3) is 46.4 Å². The number of methoxy groups -OCH3 is 1. The van der Waals surface area contributed by atoms with Crippen molar-refractivity contribution in [1.82, 2.24) is 9.97 Å². The monoisotopic (exact) mass is 1100 g/mol. The van der Waals surface area contributed by atoms with Crippen LogP contribution >= 0.6 is 0 Å². The number of carboxylic acid groups (broad SMARTS) is 1. The van der Waals surface area contributed by atoms with E-state index >= 15 is 0 Å². The Bertz CT molecular complexity index is 4360. The zero-order valence-corrected chi connectivity index (χ0v) is 40.6. The first-order chi connectivity index (χ1) is 35.3. The summed E-state index contributed by atoms with van der Waals surface area (Å²) in [4.78, 5) is 30.2. The quantitative estimate of drug-likeness (QED) is 0.0400. The average molecular weight is 1100 g/mol. The summed E-state index contributed by atoms with van der Waals surface area (Å²) < 4.78 is 142. The Morgan fingerprint density at radius 3 is 1.85 bits per heavy atom. The molecule has 0 bridgehead atoms. The maximum atomic E-state index is 13.2. The van der Waals surface area contributed by atoms with Crippen molar-refractivity contribution in [1.29, 1.82) is 0 Å². The van der Waals surface area contributed by atoms with E-state index in [2.05, 4.69) is 45.8 Å². The molecule has 0 radical (unpaired) electrons. The number of aromatic amines is 1. The minimum absolute atomic E-state index is 0.00806. The number of benzene rings is 7. The van der Waals surface area contributed by atoms with Crippen LogP contribution in [0, 0.1) is 0 Å². The van der Waals surface area contributed by atoms with Crippen molar-refractivity contribution in [3.63, 3.8) is 0 Å². The van der Waals surface area contributed by atoms with Gasteiger partial charge >= 0.3 is 5.97 Å². The third-order valence-electron chi connectivity index (χ3n) is 11.1. The molecule has 27 nitrogen and oxygen atoms in total. The lowest BCUT2D eigenvalue weighted by Gasteiger charge is -2.12. The number of carbonyl (C=O) groups excluding carboxylic acids is 1. The number of fused-ring (bicyclic) bond motifs is 4. The third-order valence-corrected chi connectivity index (χ3v) is 14.6. The summed E-state index contributed by atoms with van der Waals surface area (Å²) in [5, 5.41) is 49.9. The lowest BCUT2D eigenvalue weighted by atomic mass is 10.1. The van der Waals surface area contributed by atoms with Crippen LogP contribution in [0.5, 0.6) is 11.5 Å². The first-order valence-electron chi connectivity index (χ1n) is 20.7. The number of aromatic hydroxyl groups is 1. The van der Waals surface area contributed by atoms with Crippen LogP contribution in [0.25, 0.3) is 44.0 Å². The molecule has 75 heavy (non-hydrogen) atoms. The van der Waals surface area contributed by atoms with E-state index in [0.717, 1.165) is 48.5 Å². The summed E-state index contributed by atoms with van der Waals surface area (Å²) in [5.74, 6) is -3.01. The van der Waals surface area contributed by atoms with Gasteiger partial charge in [-0.3, -0.25) is 23.0 Å². The highest BCUT2D eigenvalue weighted by molar-refractivity contribution is 7.86. The average Bonchev–Trinajstić information content (AvgIpc) is 3.97. The van der Waals surface area contributed by atoms with Crippen molar-refractivity contribution in [2.75, 3.05) is 12.1 Å². The molecular formula is C44H30N10O17S4. The molecule has 1 aliphatic heterocycles. The molecule has 0 saturated heterocycles. The van der Waals surface area contributed by atoms with Gasteiger partial charge in [0.05, 0.1) is 50.7 Å². The van der Waals surface area contributed by atoms with Crippen LogP contribution in [0.1, 0.15) is 0 Å². The minimum Gasteiger partial charge on any atom is -0.505 e. The third kappa shape index (κ3) is 10.1. The molecule has 0 spiro atoms. The molecule has 1 atom stereocenters. The van der Waals surface area contributed by atoms with Crippen LogP contribution in [-0.2, 0) is 50.1 Å². The van der Waals surface area contributed by atoms with E-state index < -0.39 is 95.1 Å². The van der Waals surface area contributed by atoms with Crippen molar-refractivity contribution in [3.8, 4) is 22.9 Å². The number of rotatable bonds is 14. The number of nitrogens with one attached hydrogen (secondary N) is 1. The molecule has 0 aliphatic carbocycles. The van der Waals surface area contributed by atoms with Crippen molar-refractivity contribution < 1.29 is 76.4 Å². The van der Waals surface area contributed by atoms with Gasteiger partial charge in [-0.2, -0.15) is 54.0 Å². The summed E-state index contributed by atoms with van der Waals surface area (Å²) in [5.41, 5.74) is -0.975. The highest BCUT2D eigenvalue weighted by Gasteiger charge is 2.41. The van der Waals surface area contributed by atoms with E-state index in [0.29, 0.717) is 10.6 Å². The van der Waals surface area contributed by atoms with E-state index in [-0.39, 0.29) is 72.6 Å². The number of ether oxygens (including phenoxy) is 1. The van der Waals surface area contributed by atoms with Crippen molar-refractivity contribution in [2.24, 2.45) is 35.8 Å². The molecule has 2 heterocycles. The number of hydrogen-bond donors (Lipinski definition) is 7. The van der Waals surface area contributed by atoms with Gasteiger partial charge in [0.1, 0.15) is 32.7 Å². The Labute approximate surface area is 420 Å². The van der Waals surface area contributed by atoms with Gasteiger partial charge in [-0.25, -0.2) is 9.78 Å². The fraction of sp³-hybridized carbons (Fsp3) is 0.0455. The second-order valence-corrected chi connectivity index (χ2v) is 21.4. The highest BCUT2D eigenvalue weighted by atomic mass is 32.2. The number of nitrogens with zero attached hydrogens (tertiary/aromatic N) is 9. The molecule has 1 amide bonds. The molecule has 7 N–H and O–H groups in total. The minimum atomic E-state index is -5.21. The van der Waals surface area contributed by atoms with Crippen LogP contribution in [0.2, 0.25) is 0 Å². The van der Waals surface area contributed by atoms with Gasteiger partial charge < -0.3 is 19.9 Å². The molecule has 0 saturated carbocycles. The van der Waals surface area contributed by atoms with Gasteiger partial charge in [0.15, 0.2) is 11.5 Å². The van der Waals surface area contributed by atoms with Crippen LogP contribution in [0.15, 0.2) is 171 Å². The van der Waals surface area contributed by atoms with E-state index in [1.807, 2.05) is 0 Å². The standard InChI is InChI=1S/C44H30N10O17S4/c1-71-24-8-14-33(35(18-24)74(65,66)67)50-48-31-16-17-32(29-19-26(73(62,63)64)11-12-27(29)31)49-51-38-36(75(68,69)70)20-30-28(41(38)55)13-15-34-37(30)46-42(45-34)21-2-4-22(5-3-21)47-52-39-40(44(57)58)53-54(43(39)56)23-6-9-25(10-7-23)72(59,60)61/h2-20,39,55H,1H3,(H,45,46)(H,57,58)(H,59,60,61)(H,62,63,64)(H,65,66,67)(H,68,69,70). The zero-order valence-electron chi connectivity index (χ0n) is 37.4. The Morgan fingerprint density at radius 1 is 0.627 bits per heavy atom. The molecule has 0 fully saturated rings. The van der Waals surface area contributed by atoms with E-state index in [9.17, 15) is 71.7 Å². The summed E-state index contributed by atoms with van der Waals surface area (Å²) in [6, 6.07) is 21.6. The van der Waals surface area contributed by atoms with E-state index in [4.69, 9.17) is 4.74 Å². The number of azo groups is 3. The van der Waals surface area contributed by atoms with Crippen LogP contribution < -0.4 is 9.75 Å². The van der Waals surface area contributed by atoms with Crippen molar-refractivity contribution in [3.05, 3.63) is 115 Å². The Morgan fingerprint density at radius 2 is 1.23 bits per heavy atom.